The molecule has 1 N–H and O–H groups in total. The van der Waals surface area contributed by atoms with Crippen LogP contribution in [0.3, 0.4) is 0 Å². The van der Waals surface area contributed by atoms with E-state index in [4.69, 9.17) is 4.74 Å². The van der Waals surface area contributed by atoms with Gasteiger partial charge in [-0.2, -0.15) is 0 Å². The average Bonchev–Trinajstić information content (AvgIpc) is 2.82. The molecular weight excluding hydrogens is 345 g/mol. The Bertz CT molecular complexity index is 782. The number of benzene rings is 1. The van der Waals surface area contributed by atoms with Gasteiger partial charge in [0.25, 0.3) is 10.0 Å². The molecule has 0 unspecified atom stereocenters. The summed E-state index contributed by atoms with van der Waals surface area (Å²) in [7, 11) is -3.66. The third kappa shape index (κ3) is 4.26. The zero-order valence-electron chi connectivity index (χ0n) is 14.2. The van der Waals surface area contributed by atoms with Crippen LogP contribution < -0.4 is 4.72 Å². The molecule has 3 rings (SSSR count). The standard InChI is InChI=1S/C17H22FN3O3S/c1-13-16(14-3-5-15(18)6-4-14)25(22,23)20-17(13)19-7-2-8-21-9-11-24-12-10-21/h3-6H,2,7-12H2,1H3,(H,19,20). The SMILES string of the molecule is CC1=C(c2ccc(F)cc2)S(=O)(=O)NC1=NCCCN1CCOCC1. The molecule has 0 amide bonds. The van der Waals surface area contributed by atoms with Crippen LogP contribution in [-0.2, 0) is 14.8 Å². The van der Waals surface area contributed by atoms with E-state index in [0.29, 0.717) is 23.5 Å². The highest BCUT2D eigenvalue weighted by Crippen LogP contribution is 2.29. The second kappa shape index (κ2) is 7.63. The largest absolute Gasteiger partial charge is 0.379 e. The molecule has 0 radical (unpaired) electrons. The van der Waals surface area contributed by atoms with Crippen molar-refractivity contribution < 1.29 is 17.5 Å². The number of morpholine rings is 1. The molecule has 1 saturated heterocycles. The molecule has 0 atom stereocenters. The van der Waals surface area contributed by atoms with Crippen molar-refractivity contribution in [2.75, 3.05) is 39.4 Å². The first kappa shape index (κ1) is 18.0. The molecule has 0 bridgehead atoms. The lowest BCUT2D eigenvalue weighted by atomic mass is 10.1. The first-order valence-corrected chi connectivity index (χ1v) is 9.80. The van der Waals surface area contributed by atoms with Crippen LogP contribution in [0.15, 0.2) is 34.8 Å². The van der Waals surface area contributed by atoms with Gasteiger partial charge in [-0.3, -0.25) is 14.6 Å². The van der Waals surface area contributed by atoms with E-state index >= 15 is 0 Å². The number of rotatable bonds is 5. The van der Waals surface area contributed by atoms with E-state index in [1.807, 2.05) is 0 Å². The van der Waals surface area contributed by atoms with Crippen LogP contribution in [0, 0.1) is 5.82 Å². The molecule has 0 saturated carbocycles. The van der Waals surface area contributed by atoms with Gasteiger partial charge in [0.05, 0.1) is 13.2 Å². The van der Waals surface area contributed by atoms with E-state index in [2.05, 4.69) is 14.6 Å². The van der Waals surface area contributed by atoms with Crippen molar-refractivity contribution in [2.24, 2.45) is 4.99 Å². The van der Waals surface area contributed by atoms with Crippen molar-refractivity contribution in [3.05, 3.63) is 41.2 Å². The molecule has 6 nitrogen and oxygen atoms in total. The maximum absolute atomic E-state index is 13.1. The van der Waals surface area contributed by atoms with Gasteiger partial charge in [-0.25, -0.2) is 12.8 Å². The molecule has 8 heteroatoms. The van der Waals surface area contributed by atoms with E-state index < -0.39 is 15.8 Å². The minimum Gasteiger partial charge on any atom is -0.379 e. The average molecular weight is 367 g/mol. The molecule has 2 aliphatic rings. The van der Waals surface area contributed by atoms with Crippen molar-refractivity contribution in [2.45, 2.75) is 13.3 Å². The van der Waals surface area contributed by atoms with Gasteiger partial charge in [-0.05, 0) is 31.0 Å². The number of nitrogens with zero attached hydrogens (tertiary/aromatic N) is 2. The van der Waals surface area contributed by atoms with E-state index in [0.717, 1.165) is 39.3 Å². The lowest BCUT2D eigenvalue weighted by molar-refractivity contribution is 0.0377. The Balaban J connectivity index is 1.68. The molecule has 0 aromatic heterocycles. The van der Waals surface area contributed by atoms with Gasteiger partial charge in [-0.1, -0.05) is 12.1 Å². The molecule has 0 aliphatic carbocycles. The summed E-state index contributed by atoms with van der Waals surface area (Å²) in [5.41, 5.74) is 1.03. The van der Waals surface area contributed by atoms with E-state index in [1.54, 1.807) is 6.92 Å². The normalized spacial score (nSPS) is 22.4. The van der Waals surface area contributed by atoms with Crippen LogP contribution in [0.4, 0.5) is 4.39 Å². The van der Waals surface area contributed by atoms with Crippen molar-refractivity contribution in [3.8, 4) is 0 Å². The Morgan fingerprint density at radius 3 is 2.60 bits per heavy atom. The van der Waals surface area contributed by atoms with Crippen LogP contribution in [0.1, 0.15) is 18.9 Å². The van der Waals surface area contributed by atoms with Gasteiger partial charge in [0.1, 0.15) is 16.6 Å². The summed E-state index contributed by atoms with van der Waals surface area (Å²) >= 11 is 0. The quantitative estimate of drug-likeness (QED) is 0.803. The van der Waals surface area contributed by atoms with Gasteiger partial charge >= 0.3 is 0 Å². The number of halogens is 1. The monoisotopic (exact) mass is 367 g/mol. The number of sulfonamides is 1. The van der Waals surface area contributed by atoms with Gasteiger partial charge in [-0.15, -0.1) is 0 Å². The zero-order chi connectivity index (χ0) is 17.9. The first-order valence-electron chi connectivity index (χ1n) is 8.32. The van der Waals surface area contributed by atoms with E-state index in [9.17, 15) is 12.8 Å². The van der Waals surface area contributed by atoms with Crippen LogP contribution in [0.25, 0.3) is 4.91 Å². The summed E-state index contributed by atoms with van der Waals surface area (Å²) in [5, 5.41) is 0. The van der Waals surface area contributed by atoms with Gasteiger partial charge < -0.3 is 4.74 Å². The Morgan fingerprint density at radius 1 is 1.24 bits per heavy atom. The molecule has 1 aromatic rings. The minimum absolute atomic E-state index is 0.166. The van der Waals surface area contributed by atoms with Gasteiger partial charge in [0.2, 0.25) is 0 Å². The molecule has 25 heavy (non-hydrogen) atoms. The first-order chi connectivity index (χ1) is 12.0. The number of aliphatic imine (C=N–C) groups is 1. The number of hydrogen-bond acceptors (Lipinski definition) is 5. The van der Waals surface area contributed by atoms with E-state index in [1.165, 1.54) is 24.3 Å². The van der Waals surface area contributed by atoms with Crippen LogP contribution >= 0.6 is 0 Å². The van der Waals surface area contributed by atoms with Crippen LogP contribution in [0.5, 0.6) is 0 Å². The minimum atomic E-state index is -3.66. The molecule has 136 valence electrons. The third-order valence-corrected chi connectivity index (χ3v) is 5.85. The highest BCUT2D eigenvalue weighted by atomic mass is 32.2. The Labute approximate surface area is 147 Å². The number of ether oxygens (including phenoxy) is 1. The lowest BCUT2D eigenvalue weighted by Crippen LogP contribution is -2.37. The Hall–Kier alpha value is -1.77. The maximum atomic E-state index is 13.1. The number of amidine groups is 1. The fourth-order valence-electron chi connectivity index (χ4n) is 3.00. The molecule has 1 aromatic carbocycles. The molecule has 2 aliphatic heterocycles. The summed E-state index contributed by atoms with van der Waals surface area (Å²) in [4.78, 5) is 6.89. The summed E-state index contributed by atoms with van der Waals surface area (Å²) in [6.45, 7) is 6.56. The van der Waals surface area contributed by atoms with Crippen molar-refractivity contribution in [1.82, 2.24) is 9.62 Å². The second-order valence-electron chi connectivity index (χ2n) is 6.10. The Kier molecular flexibility index (Phi) is 5.51. The molecule has 1 fully saturated rings. The second-order valence-corrected chi connectivity index (χ2v) is 7.72. The predicted octanol–water partition coefficient (Wildman–Crippen LogP) is 1.61. The van der Waals surface area contributed by atoms with Crippen molar-refractivity contribution in [1.29, 1.82) is 0 Å². The molecular formula is C17H22FN3O3S. The van der Waals surface area contributed by atoms with Gasteiger partial charge in [0, 0.05) is 31.8 Å². The van der Waals surface area contributed by atoms with Crippen LogP contribution in [0.2, 0.25) is 0 Å². The van der Waals surface area contributed by atoms with Crippen molar-refractivity contribution in [3.63, 3.8) is 0 Å². The topological polar surface area (TPSA) is 71.0 Å². The summed E-state index contributed by atoms with van der Waals surface area (Å²) in [5.74, 6) is -0.0244. The third-order valence-electron chi connectivity index (χ3n) is 4.31. The maximum Gasteiger partial charge on any atom is 0.264 e. The predicted molar refractivity (Wildman–Crippen MR) is 95.2 cm³/mol. The van der Waals surface area contributed by atoms with Crippen LogP contribution in [-0.4, -0.2) is 58.5 Å². The number of nitrogens with one attached hydrogen (secondary N) is 1. The smallest absolute Gasteiger partial charge is 0.264 e. The van der Waals surface area contributed by atoms with E-state index in [-0.39, 0.29) is 4.91 Å². The molecule has 0 spiro atoms. The summed E-state index contributed by atoms with van der Waals surface area (Å²) in [6, 6.07) is 5.44. The summed E-state index contributed by atoms with van der Waals surface area (Å²) in [6.07, 6.45) is 0.852. The Morgan fingerprint density at radius 2 is 1.92 bits per heavy atom. The van der Waals surface area contributed by atoms with Crippen molar-refractivity contribution >= 4 is 20.8 Å². The highest BCUT2D eigenvalue weighted by molar-refractivity contribution is 8.00. The fraction of sp³-hybridized carbons (Fsp3) is 0.471. The molecule has 2 heterocycles. The lowest BCUT2D eigenvalue weighted by Gasteiger charge is -2.26. The highest BCUT2D eigenvalue weighted by Gasteiger charge is 2.32. The summed E-state index contributed by atoms with van der Waals surface area (Å²) < 4.78 is 45.7. The zero-order valence-corrected chi connectivity index (χ0v) is 15.0. The fourth-order valence-corrected chi connectivity index (χ4v) is 4.52. The number of hydrogen-bond donors (Lipinski definition) is 1. The van der Waals surface area contributed by atoms with Gasteiger partial charge in [0.15, 0.2) is 0 Å².